The van der Waals surface area contributed by atoms with Gasteiger partial charge in [-0.3, -0.25) is 0 Å². The van der Waals surface area contributed by atoms with Crippen LogP contribution in [0.15, 0.2) is 231 Å². The van der Waals surface area contributed by atoms with Crippen LogP contribution >= 0.6 is 0 Å². The number of anilines is 3. The first-order valence-corrected chi connectivity index (χ1v) is 19.7. The quantitative estimate of drug-likeness (QED) is 0.159. The van der Waals surface area contributed by atoms with E-state index in [9.17, 15) is 0 Å². The summed E-state index contributed by atoms with van der Waals surface area (Å²) in [7, 11) is 0. The van der Waals surface area contributed by atoms with Gasteiger partial charge in [0.15, 0.2) is 0 Å². The monoisotopic (exact) mass is 726 g/mol. The molecular weight excluding hydrogens is 689 g/mol. The summed E-state index contributed by atoms with van der Waals surface area (Å²) in [5.41, 5.74) is 16.5. The average molecular weight is 727 g/mol. The lowest BCUT2D eigenvalue weighted by Crippen LogP contribution is -2.28. The van der Waals surface area contributed by atoms with Gasteiger partial charge in [0.1, 0.15) is 0 Å². The highest BCUT2D eigenvalue weighted by molar-refractivity contribution is 6.10. The molecule has 0 aliphatic heterocycles. The molecule has 57 heavy (non-hydrogen) atoms. The normalized spacial score (nSPS) is 12.7. The van der Waals surface area contributed by atoms with Crippen molar-refractivity contribution < 1.29 is 0 Å². The van der Waals surface area contributed by atoms with E-state index in [1.807, 2.05) is 0 Å². The van der Waals surface area contributed by atoms with Crippen LogP contribution in [0.5, 0.6) is 0 Å². The third-order valence-corrected chi connectivity index (χ3v) is 11.9. The van der Waals surface area contributed by atoms with Gasteiger partial charge in [-0.1, -0.05) is 170 Å². The largest absolute Gasteiger partial charge is 0.311 e. The van der Waals surface area contributed by atoms with Crippen LogP contribution < -0.4 is 4.90 Å². The predicted octanol–water partition coefficient (Wildman–Crippen LogP) is 14.3. The molecule has 0 N–H and O–H groups in total. The number of rotatable bonds is 7. The van der Waals surface area contributed by atoms with E-state index in [1.165, 1.54) is 66.3 Å². The van der Waals surface area contributed by atoms with Crippen LogP contribution in [-0.2, 0) is 5.41 Å². The molecule has 1 aliphatic carbocycles. The second-order valence-electron chi connectivity index (χ2n) is 14.9. The van der Waals surface area contributed by atoms with Crippen LogP contribution in [0.25, 0.3) is 49.7 Å². The molecule has 1 aliphatic rings. The van der Waals surface area contributed by atoms with Crippen LogP contribution in [0.1, 0.15) is 22.3 Å². The highest BCUT2D eigenvalue weighted by atomic mass is 15.1. The number of para-hydroxylation sites is 3. The summed E-state index contributed by atoms with van der Waals surface area (Å²) in [5, 5.41) is 2.49. The van der Waals surface area contributed by atoms with E-state index in [0.29, 0.717) is 0 Å². The van der Waals surface area contributed by atoms with Crippen molar-refractivity contribution in [3.8, 4) is 27.9 Å². The SMILES string of the molecule is c1ccc(N(c2ccccc2)c2ccc(-c3ccc4c5ccccc5n(-c5ccc6c(c5)C(c5ccccc5)(c5ccccc5)c5ccccc5-6)c4c3)cc2)cc1. The number of hydrogen-bond donors (Lipinski definition) is 0. The van der Waals surface area contributed by atoms with Crippen LogP contribution in [0.2, 0.25) is 0 Å². The van der Waals surface area contributed by atoms with Gasteiger partial charge >= 0.3 is 0 Å². The molecule has 2 nitrogen and oxygen atoms in total. The first kappa shape index (κ1) is 33.0. The van der Waals surface area contributed by atoms with Gasteiger partial charge in [-0.2, -0.15) is 0 Å². The minimum Gasteiger partial charge on any atom is -0.311 e. The van der Waals surface area contributed by atoms with E-state index in [1.54, 1.807) is 0 Å². The summed E-state index contributed by atoms with van der Waals surface area (Å²) in [5.74, 6) is 0. The van der Waals surface area contributed by atoms with Crippen molar-refractivity contribution in [3.05, 3.63) is 253 Å². The van der Waals surface area contributed by atoms with Gasteiger partial charge in [0, 0.05) is 33.5 Å². The Kier molecular flexibility index (Phi) is 7.75. The Hall–Kier alpha value is -7.42. The molecule has 0 spiro atoms. The molecule has 0 fully saturated rings. The number of nitrogens with zero attached hydrogens (tertiary/aromatic N) is 2. The predicted molar refractivity (Wildman–Crippen MR) is 238 cm³/mol. The van der Waals surface area contributed by atoms with Gasteiger partial charge in [0.2, 0.25) is 0 Å². The summed E-state index contributed by atoms with van der Waals surface area (Å²) < 4.78 is 2.47. The summed E-state index contributed by atoms with van der Waals surface area (Å²) in [6, 6.07) is 84.1. The van der Waals surface area contributed by atoms with E-state index < -0.39 is 5.41 Å². The molecule has 0 saturated carbocycles. The zero-order valence-electron chi connectivity index (χ0n) is 31.3. The number of aromatic nitrogens is 1. The topological polar surface area (TPSA) is 8.17 Å². The first-order chi connectivity index (χ1) is 28.3. The Morgan fingerprint density at radius 3 is 1.51 bits per heavy atom. The van der Waals surface area contributed by atoms with Gasteiger partial charge in [0.05, 0.1) is 16.4 Å². The number of benzene rings is 9. The lowest BCUT2D eigenvalue weighted by atomic mass is 9.67. The van der Waals surface area contributed by atoms with Crippen molar-refractivity contribution in [1.29, 1.82) is 0 Å². The Morgan fingerprint density at radius 2 is 0.842 bits per heavy atom. The lowest BCUT2D eigenvalue weighted by Gasteiger charge is -2.34. The molecule has 0 amide bonds. The lowest BCUT2D eigenvalue weighted by molar-refractivity contribution is 0.767. The van der Waals surface area contributed by atoms with Gasteiger partial charge < -0.3 is 9.47 Å². The van der Waals surface area contributed by atoms with E-state index in [4.69, 9.17) is 0 Å². The molecular formula is C55H38N2. The molecule has 268 valence electrons. The van der Waals surface area contributed by atoms with Crippen molar-refractivity contribution in [2.75, 3.05) is 4.90 Å². The van der Waals surface area contributed by atoms with Crippen molar-refractivity contribution in [1.82, 2.24) is 4.57 Å². The maximum Gasteiger partial charge on any atom is 0.0714 e. The second-order valence-corrected chi connectivity index (χ2v) is 14.9. The maximum atomic E-state index is 2.47. The minimum absolute atomic E-state index is 0.469. The summed E-state index contributed by atoms with van der Waals surface area (Å²) in [6.45, 7) is 0. The van der Waals surface area contributed by atoms with E-state index in [2.05, 4.69) is 240 Å². The third kappa shape index (κ3) is 5.18. The highest BCUT2D eigenvalue weighted by Crippen LogP contribution is 2.56. The smallest absolute Gasteiger partial charge is 0.0714 e. The van der Waals surface area contributed by atoms with Crippen LogP contribution in [-0.4, -0.2) is 4.57 Å². The molecule has 9 aromatic carbocycles. The fourth-order valence-corrected chi connectivity index (χ4v) is 9.40. The molecule has 0 unspecified atom stereocenters. The molecule has 0 atom stereocenters. The van der Waals surface area contributed by atoms with Gasteiger partial charge in [-0.15, -0.1) is 0 Å². The zero-order chi connectivity index (χ0) is 37.8. The van der Waals surface area contributed by atoms with Gasteiger partial charge in [-0.25, -0.2) is 0 Å². The van der Waals surface area contributed by atoms with Crippen molar-refractivity contribution in [2.45, 2.75) is 5.41 Å². The molecule has 11 rings (SSSR count). The Bertz CT molecular complexity index is 2960. The Balaban J connectivity index is 1.09. The average Bonchev–Trinajstić information content (AvgIpc) is 3.78. The summed E-state index contributed by atoms with van der Waals surface area (Å²) in [4.78, 5) is 2.31. The van der Waals surface area contributed by atoms with E-state index in [-0.39, 0.29) is 0 Å². The number of fused-ring (bicyclic) bond motifs is 6. The fourth-order valence-electron chi connectivity index (χ4n) is 9.40. The first-order valence-electron chi connectivity index (χ1n) is 19.7. The molecule has 0 bridgehead atoms. The van der Waals surface area contributed by atoms with Gasteiger partial charge in [0.25, 0.3) is 0 Å². The fraction of sp³-hybridized carbons (Fsp3) is 0.0182. The molecule has 1 aromatic heterocycles. The summed E-state index contributed by atoms with van der Waals surface area (Å²) >= 11 is 0. The molecule has 10 aromatic rings. The van der Waals surface area contributed by atoms with Crippen molar-refractivity contribution in [3.63, 3.8) is 0 Å². The molecule has 0 saturated heterocycles. The van der Waals surface area contributed by atoms with E-state index >= 15 is 0 Å². The second kappa shape index (κ2) is 13.4. The Morgan fingerprint density at radius 1 is 0.333 bits per heavy atom. The standard InChI is InChI=1S/C55H38N2/c1-5-17-41(18-6-1)55(42-19-7-2-8-20-42)51-27-15-13-25-47(51)48-36-34-46(38-52(48)55)57-53-28-16-14-26-49(53)50-35-31-40(37-54(50)57)39-29-32-45(33-30-39)56(43-21-9-3-10-22-43)44-23-11-4-12-24-44/h1-38H. The van der Waals surface area contributed by atoms with Crippen LogP contribution in [0, 0.1) is 0 Å². The van der Waals surface area contributed by atoms with Crippen molar-refractivity contribution >= 4 is 38.9 Å². The summed E-state index contributed by atoms with van der Waals surface area (Å²) in [6.07, 6.45) is 0. The highest BCUT2D eigenvalue weighted by Gasteiger charge is 2.46. The Labute approximate surface area is 333 Å². The molecule has 1 heterocycles. The third-order valence-electron chi connectivity index (χ3n) is 11.9. The van der Waals surface area contributed by atoms with E-state index in [0.717, 1.165) is 22.7 Å². The number of hydrogen-bond acceptors (Lipinski definition) is 1. The molecule has 0 radical (unpaired) electrons. The maximum absolute atomic E-state index is 2.47. The molecule has 2 heteroatoms. The van der Waals surface area contributed by atoms with Crippen molar-refractivity contribution in [2.24, 2.45) is 0 Å². The van der Waals surface area contributed by atoms with Crippen LogP contribution in [0.4, 0.5) is 17.1 Å². The minimum atomic E-state index is -0.469. The van der Waals surface area contributed by atoms with Crippen LogP contribution in [0.3, 0.4) is 0 Å². The van der Waals surface area contributed by atoms with Gasteiger partial charge in [-0.05, 0) is 105 Å². The zero-order valence-corrected chi connectivity index (χ0v) is 31.3.